The fourth-order valence-electron chi connectivity index (χ4n) is 3.43. The lowest BCUT2D eigenvalue weighted by molar-refractivity contribution is 0.0944. The lowest BCUT2D eigenvalue weighted by Gasteiger charge is -2.26. The number of nitrogens with zero attached hydrogens (tertiary/aromatic N) is 2. The molecule has 1 amide bonds. The fourth-order valence-corrected chi connectivity index (χ4v) is 5.34. The summed E-state index contributed by atoms with van der Waals surface area (Å²) in [6, 6.07) is 19.4. The maximum atomic E-state index is 12.8. The molecule has 0 bridgehead atoms. The number of carbonyl (C=O) groups excluding carboxylic acids is 1. The Hall–Kier alpha value is -2.59. The third-order valence-electron chi connectivity index (χ3n) is 4.96. The lowest BCUT2D eigenvalue weighted by Crippen LogP contribution is -2.37. The minimum atomic E-state index is -0.0734. The van der Waals surface area contributed by atoms with Crippen LogP contribution in [0, 0.1) is 11.3 Å². The van der Waals surface area contributed by atoms with Gasteiger partial charge in [-0.25, -0.2) is 0 Å². The second-order valence-corrected chi connectivity index (χ2v) is 8.94. The van der Waals surface area contributed by atoms with Crippen molar-refractivity contribution >= 4 is 29.0 Å². The van der Waals surface area contributed by atoms with Crippen LogP contribution in [0.1, 0.15) is 26.4 Å². The number of hydrogen-bond donors (Lipinski definition) is 1. The Balaban J connectivity index is 1.37. The van der Waals surface area contributed by atoms with Crippen molar-refractivity contribution in [1.82, 2.24) is 10.2 Å². The normalized spacial score (nSPS) is 13.5. The Morgan fingerprint density at radius 3 is 2.79 bits per heavy atom. The Labute approximate surface area is 179 Å². The molecule has 2 aromatic carbocycles. The van der Waals surface area contributed by atoms with E-state index in [-0.39, 0.29) is 5.91 Å². The van der Waals surface area contributed by atoms with Gasteiger partial charge in [0.15, 0.2) is 0 Å². The molecule has 3 aromatic rings. The lowest BCUT2D eigenvalue weighted by atomic mass is 10.1. The van der Waals surface area contributed by atoms with Crippen LogP contribution in [-0.2, 0) is 13.0 Å². The molecule has 4 rings (SSSR count). The zero-order valence-corrected chi connectivity index (χ0v) is 17.6. The number of thiophene rings is 1. The zero-order chi connectivity index (χ0) is 20.1. The van der Waals surface area contributed by atoms with E-state index in [0.29, 0.717) is 17.7 Å². The maximum absolute atomic E-state index is 12.8. The Morgan fingerprint density at radius 1 is 1.14 bits per heavy atom. The van der Waals surface area contributed by atoms with E-state index in [1.54, 1.807) is 6.07 Å². The summed E-state index contributed by atoms with van der Waals surface area (Å²) in [6.45, 7) is 3.46. The molecule has 0 saturated carbocycles. The Bertz CT molecular complexity index is 1050. The number of benzene rings is 2. The van der Waals surface area contributed by atoms with Crippen LogP contribution in [0.2, 0.25) is 0 Å². The highest BCUT2D eigenvalue weighted by molar-refractivity contribution is 7.99. The van der Waals surface area contributed by atoms with Crippen molar-refractivity contribution in [2.45, 2.75) is 22.8 Å². The summed E-state index contributed by atoms with van der Waals surface area (Å²) in [6.07, 6.45) is 1.10. The molecular formula is C23H21N3OS2. The molecule has 0 spiro atoms. The summed E-state index contributed by atoms with van der Waals surface area (Å²) < 4.78 is 0. The second kappa shape index (κ2) is 9.27. The number of nitriles is 1. The summed E-state index contributed by atoms with van der Waals surface area (Å²) in [5.41, 5.74) is 2.68. The molecule has 0 radical (unpaired) electrons. The van der Waals surface area contributed by atoms with E-state index in [9.17, 15) is 10.1 Å². The van der Waals surface area contributed by atoms with Gasteiger partial charge in [0.2, 0.25) is 0 Å². The van der Waals surface area contributed by atoms with E-state index in [1.165, 1.54) is 22.2 Å². The van der Waals surface area contributed by atoms with Crippen molar-refractivity contribution in [3.63, 3.8) is 0 Å². The largest absolute Gasteiger partial charge is 0.351 e. The first kappa shape index (κ1) is 19.7. The average molecular weight is 420 g/mol. The van der Waals surface area contributed by atoms with Gasteiger partial charge < -0.3 is 5.32 Å². The molecule has 29 heavy (non-hydrogen) atoms. The highest BCUT2D eigenvalue weighted by Crippen LogP contribution is 2.32. The van der Waals surface area contributed by atoms with Gasteiger partial charge in [-0.05, 0) is 47.7 Å². The first-order valence-corrected chi connectivity index (χ1v) is 11.3. The van der Waals surface area contributed by atoms with E-state index in [4.69, 9.17) is 0 Å². The number of rotatable bonds is 6. The second-order valence-electron chi connectivity index (χ2n) is 6.86. The van der Waals surface area contributed by atoms with E-state index in [2.05, 4.69) is 27.7 Å². The third-order valence-corrected chi connectivity index (χ3v) is 7.13. The Kier molecular flexibility index (Phi) is 6.30. The molecule has 1 aromatic heterocycles. The van der Waals surface area contributed by atoms with Crippen LogP contribution in [0.5, 0.6) is 0 Å². The first-order chi connectivity index (χ1) is 14.2. The van der Waals surface area contributed by atoms with Crippen molar-refractivity contribution in [2.75, 3.05) is 19.6 Å². The summed E-state index contributed by atoms with van der Waals surface area (Å²) in [7, 11) is 0. The molecule has 1 aliphatic heterocycles. The van der Waals surface area contributed by atoms with Gasteiger partial charge in [-0.15, -0.1) is 11.3 Å². The van der Waals surface area contributed by atoms with Gasteiger partial charge in [0, 0.05) is 40.8 Å². The van der Waals surface area contributed by atoms with Crippen molar-refractivity contribution in [3.8, 4) is 6.07 Å². The van der Waals surface area contributed by atoms with Crippen molar-refractivity contribution < 1.29 is 4.79 Å². The van der Waals surface area contributed by atoms with Crippen molar-refractivity contribution in [1.29, 1.82) is 5.26 Å². The maximum Gasteiger partial charge on any atom is 0.252 e. The minimum absolute atomic E-state index is 0.0734. The number of hydrogen-bond acceptors (Lipinski definition) is 5. The Morgan fingerprint density at radius 2 is 1.93 bits per heavy atom. The summed E-state index contributed by atoms with van der Waals surface area (Å²) in [5.74, 6) is -0.0734. The SMILES string of the molecule is N#Cc1ccccc1Sc1ccccc1C(=O)NCCN1CCc2sccc2C1. The summed E-state index contributed by atoms with van der Waals surface area (Å²) >= 11 is 3.30. The summed E-state index contributed by atoms with van der Waals surface area (Å²) in [4.78, 5) is 18.4. The molecule has 1 N–H and O–H groups in total. The van der Waals surface area contributed by atoms with E-state index in [0.717, 1.165) is 35.8 Å². The van der Waals surface area contributed by atoms with Gasteiger partial charge in [-0.1, -0.05) is 36.0 Å². The van der Waals surface area contributed by atoms with Crippen molar-refractivity contribution in [2.24, 2.45) is 0 Å². The van der Waals surface area contributed by atoms with Gasteiger partial charge in [-0.3, -0.25) is 9.69 Å². The van der Waals surface area contributed by atoms with E-state index < -0.39 is 0 Å². The molecule has 6 heteroatoms. The summed E-state index contributed by atoms with van der Waals surface area (Å²) in [5, 5.41) is 14.5. The molecule has 0 unspecified atom stereocenters. The fraction of sp³-hybridized carbons (Fsp3) is 0.217. The standard InChI is InChI=1S/C23H21N3OS2/c24-15-17-5-1-3-7-21(17)29-22-8-4-2-6-19(22)23(27)25-11-13-26-12-9-20-18(16-26)10-14-28-20/h1-8,10,14H,9,11-13,16H2,(H,25,27). The molecule has 146 valence electrons. The molecule has 2 heterocycles. The van der Waals surface area contributed by atoms with Crippen LogP contribution in [0.15, 0.2) is 69.8 Å². The van der Waals surface area contributed by atoms with Crippen LogP contribution in [0.3, 0.4) is 0 Å². The average Bonchev–Trinajstić information content (AvgIpc) is 3.22. The van der Waals surface area contributed by atoms with Crippen LogP contribution in [0.4, 0.5) is 0 Å². The van der Waals surface area contributed by atoms with Gasteiger partial charge in [-0.2, -0.15) is 5.26 Å². The van der Waals surface area contributed by atoms with Crippen LogP contribution in [0.25, 0.3) is 0 Å². The zero-order valence-electron chi connectivity index (χ0n) is 15.9. The molecule has 0 saturated heterocycles. The van der Waals surface area contributed by atoms with Crippen LogP contribution >= 0.6 is 23.1 Å². The third kappa shape index (κ3) is 4.70. The van der Waals surface area contributed by atoms with Crippen molar-refractivity contribution in [3.05, 3.63) is 81.5 Å². The molecular weight excluding hydrogens is 398 g/mol. The highest BCUT2D eigenvalue weighted by atomic mass is 32.2. The topological polar surface area (TPSA) is 56.1 Å². The molecule has 1 aliphatic rings. The molecule has 4 nitrogen and oxygen atoms in total. The monoisotopic (exact) mass is 419 g/mol. The first-order valence-electron chi connectivity index (χ1n) is 9.56. The van der Waals surface area contributed by atoms with Gasteiger partial charge in [0.25, 0.3) is 5.91 Å². The molecule has 0 aliphatic carbocycles. The van der Waals surface area contributed by atoms with Gasteiger partial charge in [0.1, 0.15) is 6.07 Å². The number of amides is 1. The number of nitrogens with one attached hydrogen (secondary N) is 1. The predicted molar refractivity (Wildman–Crippen MR) is 117 cm³/mol. The molecule has 0 fully saturated rings. The van der Waals surface area contributed by atoms with E-state index >= 15 is 0 Å². The van der Waals surface area contributed by atoms with Crippen LogP contribution in [-0.4, -0.2) is 30.4 Å². The quantitative estimate of drug-likeness (QED) is 0.636. The minimum Gasteiger partial charge on any atom is -0.351 e. The van der Waals surface area contributed by atoms with Gasteiger partial charge in [0.05, 0.1) is 11.1 Å². The molecule has 0 atom stereocenters. The predicted octanol–water partition coefficient (Wildman–Crippen LogP) is 4.56. The van der Waals surface area contributed by atoms with Gasteiger partial charge >= 0.3 is 0 Å². The smallest absolute Gasteiger partial charge is 0.252 e. The number of carbonyl (C=O) groups is 1. The number of fused-ring (bicyclic) bond motifs is 1. The van der Waals surface area contributed by atoms with Crippen LogP contribution < -0.4 is 5.32 Å². The van der Waals surface area contributed by atoms with E-state index in [1.807, 2.05) is 53.8 Å². The highest BCUT2D eigenvalue weighted by Gasteiger charge is 2.18.